The first-order valence-corrected chi connectivity index (χ1v) is 10.9. The fourth-order valence-electron chi connectivity index (χ4n) is 3.17. The number of likely N-dealkylation sites (N-methyl/N-ethyl adjacent to an activating group) is 1. The van der Waals surface area contributed by atoms with Crippen LogP contribution in [0.3, 0.4) is 0 Å². The molecule has 0 aliphatic heterocycles. The molecule has 2 N–H and O–H groups in total. The third-order valence-corrected chi connectivity index (χ3v) is 5.49. The standard InChI is InChI=1S/C24H28ClN3O5/c1-17-8-9-19(13-22(17)25)27-24(32)26-10-12-33-23-7-3-5-18(15-30)21(23)14-28(2)20(16-31)6-4-11-29/h3,5,7-9,11,13,15-16,20H,4,6,10,12,14H2,1-2H3,(H2,26,27,32). The van der Waals surface area contributed by atoms with Gasteiger partial charge in [0.15, 0.2) is 6.29 Å². The third-order valence-electron chi connectivity index (χ3n) is 5.08. The molecular weight excluding hydrogens is 446 g/mol. The smallest absolute Gasteiger partial charge is 0.319 e. The summed E-state index contributed by atoms with van der Waals surface area (Å²) < 4.78 is 5.82. The molecule has 0 radical (unpaired) electrons. The van der Waals surface area contributed by atoms with Crippen LogP contribution in [0.15, 0.2) is 36.4 Å². The number of amides is 2. The van der Waals surface area contributed by atoms with E-state index in [1.165, 1.54) is 0 Å². The van der Waals surface area contributed by atoms with E-state index in [-0.39, 0.29) is 26.1 Å². The number of carbonyl (C=O) groups is 4. The second kappa shape index (κ2) is 13.3. The predicted molar refractivity (Wildman–Crippen MR) is 127 cm³/mol. The van der Waals surface area contributed by atoms with Gasteiger partial charge >= 0.3 is 6.03 Å². The second-order valence-corrected chi connectivity index (χ2v) is 7.90. The average Bonchev–Trinajstić information content (AvgIpc) is 2.80. The van der Waals surface area contributed by atoms with Crippen molar-refractivity contribution in [1.82, 2.24) is 10.2 Å². The predicted octanol–water partition coefficient (Wildman–Crippen LogP) is 3.64. The van der Waals surface area contributed by atoms with Gasteiger partial charge in [0.05, 0.1) is 12.6 Å². The number of halogens is 1. The number of ether oxygens (including phenoxy) is 1. The van der Waals surface area contributed by atoms with Crippen LogP contribution in [-0.4, -0.2) is 56.0 Å². The SMILES string of the molecule is Cc1ccc(NC(=O)NCCOc2cccc(C=O)c2CN(C)C(C=O)CCC=O)cc1Cl. The molecule has 8 nitrogen and oxygen atoms in total. The fourth-order valence-corrected chi connectivity index (χ4v) is 3.35. The van der Waals surface area contributed by atoms with E-state index in [2.05, 4.69) is 10.6 Å². The van der Waals surface area contributed by atoms with E-state index in [1.807, 2.05) is 13.0 Å². The summed E-state index contributed by atoms with van der Waals surface area (Å²) in [5.41, 5.74) is 2.57. The minimum absolute atomic E-state index is 0.170. The summed E-state index contributed by atoms with van der Waals surface area (Å²) in [6.45, 7) is 2.56. The van der Waals surface area contributed by atoms with E-state index in [0.29, 0.717) is 34.0 Å². The first kappa shape index (κ1) is 26.0. The molecule has 2 amide bonds. The number of carbonyl (C=O) groups excluding carboxylic acids is 4. The number of hydrogen-bond acceptors (Lipinski definition) is 6. The van der Waals surface area contributed by atoms with Crippen LogP contribution in [0.1, 0.15) is 34.3 Å². The largest absolute Gasteiger partial charge is 0.491 e. The van der Waals surface area contributed by atoms with Crippen LogP contribution >= 0.6 is 11.6 Å². The maximum Gasteiger partial charge on any atom is 0.319 e. The van der Waals surface area contributed by atoms with E-state index >= 15 is 0 Å². The van der Waals surface area contributed by atoms with Crippen LogP contribution in [0, 0.1) is 6.92 Å². The highest BCUT2D eigenvalue weighted by atomic mass is 35.5. The fraction of sp³-hybridized carbons (Fsp3) is 0.333. The lowest BCUT2D eigenvalue weighted by atomic mass is 10.1. The molecule has 0 heterocycles. The van der Waals surface area contributed by atoms with Gasteiger partial charge in [-0.2, -0.15) is 0 Å². The van der Waals surface area contributed by atoms with Crippen molar-refractivity contribution in [3.63, 3.8) is 0 Å². The van der Waals surface area contributed by atoms with E-state index in [9.17, 15) is 19.2 Å². The van der Waals surface area contributed by atoms with Gasteiger partial charge in [-0.25, -0.2) is 4.79 Å². The number of rotatable bonds is 13. The molecule has 1 unspecified atom stereocenters. The Kier molecular flexibility index (Phi) is 10.5. The first-order chi connectivity index (χ1) is 15.9. The number of aryl methyl sites for hydroxylation is 1. The van der Waals surface area contributed by atoms with Crippen molar-refractivity contribution in [2.45, 2.75) is 32.4 Å². The van der Waals surface area contributed by atoms with Crippen LogP contribution in [0.4, 0.5) is 10.5 Å². The number of urea groups is 1. The number of aldehydes is 3. The Hall–Kier alpha value is -3.23. The van der Waals surface area contributed by atoms with Gasteiger partial charge in [-0.1, -0.05) is 29.8 Å². The van der Waals surface area contributed by atoms with Gasteiger partial charge in [0.1, 0.15) is 24.9 Å². The first-order valence-electron chi connectivity index (χ1n) is 10.5. The van der Waals surface area contributed by atoms with Crippen molar-refractivity contribution in [2.24, 2.45) is 0 Å². The van der Waals surface area contributed by atoms with Gasteiger partial charge in [-0.3, -0.25) is 9.69 Å². The van der Waals surface area contributed by atoms with E-state index in [4.69, 9.17) is 16.3 Å². The van der Waals surface area contributed by atoms with Crippen LogP contribution in [-0.2, 0) is 16.1 Å². The molecule has 2 aromatic carbocycles. The van der Waals surface area contributed by atoms with Gasteiger partial charge in [-0.15, -0.1) is 0 Å². The van der Waals surface area contributed by atoms with E-state index in [1.54, 1.807) is 42.3 Å². The molecule has 0 aliphatic rings. The molecule has 0 fully saturated rings. The molecule has 9 heteroatoms. The normalized spacial score (nSPS) is 11.5. The van der Waals surface area contributed by atoms with Crippen LogP contribution < -0.4 is 15.4 Å². The summed E-state index contributed by atoms with van der Waals surface area (Å²) in [7, 11) is 1.75. The highest BCUT2D eigenvalue weighted by Crippen LogP contribution is 2.24. The Labute approximate surface area is 198 Å². The molecule has 2 rings (SSSR count). The summed E-state index contributed by atoms with van der Waals surface area (Å²) >= 11 is 6.07. The van der Waals surface area contributed by atoms with Gasteiger partial charge in [0.2, 0.25) is 0 Å². The number of nitrogens with one attached hydrogen (secondary N) is 2. The molecule has 0 aliphatic carbocycles. The third kappa shape index (κ3) is 8.00. The summed E-state index contributed by atoms with van der Waals surface area (Å²) in [5.74, 6) is 0.485. The van der Waals surface area contributed by atoms with Crippen molar-refractivity contribution >= 4 is 42.2 Å². The number of anilines is 1. The zero-order valence-corrected chi connectivity index (χ0v) is 19.4. The Morgan fingerprint density at radius 1 is 1.21 bits per heavy atom. The van der Waals surface area contributed by atoms with Crippen LogP contribution in [0.5, 0.6) is 5.75 Å². The molecule has 0 aromatic heterocycles. The lowest BCUT2D eigenvalue weighted by molar-refractivity contribution is -0.113. The Balaban J connectivity index is 1.95. The molecule has 0 saturated carbocycles. The molecule has 0 bridgehead atoms. The van der Waals surface area contributed by atoms with Crippen LogP contribution in [0.2, 0.25) is 5.02 Å². The lowest BCUT2D eigenvalue weighted by Gasteiger charge is -2.25. The topological polar surface area (TPSA) is 105 Å². The quantitative estimate of drug-likeness (QED) is 0.340. The van der Waals surface area contributed by atoms with Gasteiger partial charge in [0, 0.05) is 34.8 Å². The van der Waals surface area contributed by atoms with Crippen molar-refractivity contribution in [2.75, 3.05) is 25.5 Å². The highest BCUT2D eigenvalue weighted by Gasteiger charge is 2.18. The summed E-state index contributed by atoms with van der Waals surface area (Å²) in [4.78, 5) is 47.5. The van der Waals surface area contributed by atoms with Crippen LogP contribution in [0.25, 0.3) is 0 Å². The Morgan fingerprint density at radius 3 is 2.67 bits per heavy atom. The Bertz CT molecular complexity index is 983. The Morgan fingerprint density at radius 2 is 2.00 bits per heavy atom. The number of hydrogen-bond donors (Lipinski definition) is 2. The molecule has 1 atom stereocenters. The molecule has 176 valence electrons. The summed E-state index contributed by atoms with van der Waals surface area (Å²) in [5, 5.41) is 5.96. The average molecular weight is 474 g/mol. The zero-order valence-electron chi connectivity index (χ0n) is 18.7. The van der Waals surface area contributed by atoms with Crippen molar-refractivity contribution in [1.29, 1.82) is 0 Å². The monoisotopic (exact) mass is 473 g/mol. The van der Waals surface area contributed by atoms with E-state index in [0.717, 1.165) is 24.4 Å². The molecule has 33 heavy (non-hydrogen) atoms. The highest BCUT2D eigenvalue weighted by molar-refractivity contribution is 6.31. The molecule has 2 aromatic rings. The number of benzene rings is 2. The second-order valence-electron chi connectivity index (χ2n) is 7.50. The van der Waals surface area contributed by atoms with Crippen molar-refractivity contribution in [3.05, 3.63) is 58.1 Å². The zero-order chi connectivity index (χ0) is 24.2. The van der Waals surface area contributed by atoms with Gasteiger partial charge in [0.25, 0.3) is 0 Å². The summed E-state index contributed by atoms with van der Waals surface area (Å²) in [6.07, 6.45) is 2.96. The minimum Gasteiger partial charge on any atom is -0.491 e. The maximum absolute atomic E-state index is 12.1. The van der Waals surface area contributed by atoms with E-state index < -0.39 is 12.1 Å². The molecular formula is C24H28ClN3O5. The van der Waals surface area contributed by atoms with Crippen molar-refractivity contribution < 1.29 is 23.9 Å². The molecule has 0 spiro atoms. The van der Waals surface area contributed by atoms with Crippen molar-refractivity contribution in [3.8, 4) is 5.75 Å². The lowest BCUT2D eigenvalue weighted by Crippen LogP contribution is -2.33. The molecule has 0 saturated heterocycles. The number of nitrogens with zero attached hydrogens (tertiary/aromatic N) is 1. The minimum atomic E-state index is -0.455. The maximum atomic E-state index is 12.1. The van der Waals surface area contributed by atoms with Gasteiger partial charge < -0.3 is 25.0 Å². The summed E-state index contributed by atoms with van der Waals surface area (Å²) in [6, 6.07) is 9.48. The van der Waals surface area contributed by atoms with Gasteiger partial charge in [-0.05, 0) is 44.2 Å².